The first-order valence-electron chi connectivity index (χ1n) is 8.67. The van der Waals surface area contributed by atoms with Crippen LogP contribution >= 0.6 is 11.6 Å². The maximum atomic E-state index is 6.26. The van der Waals surface area contributed by atoms with E-state index in [9.17, 15) is 0 Å². The summed E-state index contributed by atoms with van der Waals surface area (Å²) in [6.45, 7) is 4.04. The molecule has 3 aromatic rings. The van der Waals surface area contributed by atoms with Gasteiger partial charge in [-0.05, 0) is 43.5 Å². The molecule has 0 bridgehead atoms. The smallest absolute Gasteiger partial charge is 0.251 e. The van der Waals surface area contributed by atoms with E-state index < -0.39 is 0 Å². The van der Waals surface area contributed by atoms with Gasteiger partial charge in [-0.3, -0.25) is 5.10 Å². The summed E-state index contributed by atoms with van der Waals surface area (Å²) in [7, 11) is 0. The standard InChI is InChI=1S/C18H20ClN7/c1-11-2-3-14(9-20-7-11)24-18-21-10-15(19)17(25-18)23-13-4-5-16-12(6-13)8-22-26-16/h4-6,8,10-11,20H,2-3,7,9H2,1H3,(H,22,26)(H,21,23,25)/b24-14-. The van der Waals surface area contributed by atoms with E-state index in [1.165, 1.54) is 0 Å². The van der Waals surface area contributed by atoms with Gasteiger partial charge in [0.05, 0.1) is 17.9 Å². The van der Waals surface area contributed by atoms with Crippen LogP contribution < -0.4 is 10.6 Å². The normalized spacial score (nSPS) is 19.6. The highest BCUT2D eigenvalue weighted by Gasteiger charge is 2.12. The fourth-order valence-electron chi connectivity index (χ4n) is 2.96. The van der Waals surface area contributed by atoms with E-state index in [1.54, 1.807) is 12.4 Å². The van der Waals surface area contributed by atoms with E-state index in [1.807, 2.05) is 18.2 Å². The topological polar surface area (TPSA) is 90.9 Å². The summed E-state index contributed by atoms with van der Waals surface area (Å²) in [5, 5.41) is 15.1. The number of anilines is 2. The summed E-state index contributed by atoms with van der Waals surface area (Å²) in [4.78, 5) is 13.4. The van der Waals surface area contributed by atoms with Gasteiger partial charge in [0.25, 0.3) is 5.95 Å². The van der Waals surface area contributed by atoms with Crippen molar-refractivity contribution in [3.8, 4) is 0 Å². The van der Waals surface area contributed by atoms with Gasteiger partial charge in [0.15, 0.2) is 5.82 Å². The first kappa shape index (κ1) is 16.9. The third-order valence-electron chi connectivity index (χ3n) is 4.44. The molecule has 3 heterocycles. The maximum Gasteiger partial charge on any atom is 0.251 e. The van der Waals surface area contributed by atoms with Gasteiger partial charge in [-0.1, -0.05) is 18.5 Å². The lowest BCUT2D eigenvalue weighted by Crippen LogP contribution is -2.22. The van der Waals surface area contributed by atoms with Crippen LogP contribution in [0.5, 0.6) is 0 Å². The molecular formula is C18H20ClN7. The Balaban J connectivity index is 1.57. The number of benzene rings is 1. The molecule has 4 rings (SSSR count). The van der Waals surface area contributed by atoms with Crippen LogP contribution in [0, 0.1) is 5.92 Å². The molecule has 0 aliphatic carbocycles. The van der Waals surface area contributed by atoms with Gasteiger partial charge in [0, 0.05) is 23.3 Å². The minimum absolute atomic E-state index is 0.424. The molecule has 1 unspecified atom stereocenters. The Hall–Kier alpha value is -2.51. The lowest BCUT2D eigenvalue weighted by molar-refractivity contribution is 0.527. The molecule has 134 valence electrons. The number of nitrogens with one attached hydrogen (secondary N) is 3. The minimum atomic E-state index is 0.424. The lowest BCUT2D eigenvalue weighted by Gasteiger charge is -2.08. The molecule has 1 aromatic carbocycles. The zero-order valence-corrected chi connectivity index (χ0v) is 15.2. The number of hydrogen-bond donors (Lipinski definition) is 3. The molecule has 1 saturated heterocycles. The molecule has 8 heteroatoms. The van der Waals surface area contributed by atoms with Crippen LogP contribution in [0.15, 0.2) is 35.6 Å². The second-order valence-corrected chi connectivity index (χ2v) is 7.02. The van der Waals surface area contributed by atoms with Crippen LogP contribution in [0.3, 0.4) is 0 Å². The number of rotatable bonds is 3. The van der Waals surface area contributed by atoms with Gasteiger partial charge in [0.2, 0.25) is 0 Å². The summed E-state index contributed by atoms with van der Waals surface area (Å²) in [6, 6.07) is 5.89. The summed E-state index contributed by atoms with van der Waals surface area (Å²) in [6.07, 6.45) is 5.44. The highest BCUT2D eigenvalue weighted by atomic mass is 35.5. The van der Waals surface area contributed by atoms with Crippen molar-refractivity contribution in [1.82, 2.24) is 25.5 Å². The molecule has 0 spiro atoms. The van der Waals surface area contributed by atoms with Gasteiger partial charge in [-0.25, -0.2) is 9.98 Å². The predicted molar refractivity (Wildman–Crippen MR) is 105 cm³/mol. The van der Waals surface area contributed by atoms with Gasteiger partial charge >= 0.3 is 0 Å². The molecule has 7 nitrogen and oxygen atoms in total. The second-order valence-electron chi connectivity index (χ2n) is 6.62. The summed E-state index contributed by atoms with van der Waals surface area (Å²) < 4.78 is 0. The molecule has 0 radical (unpaired) electrons. The average Bonchev–Trinajstić information content (AvgIpc) is 3.00. The largest absolute Gasteiger partial charge is 0.339 e. The third-order valence-corrected chi connectivity index (χ3v) is 4.72. The van der Waals surface area contributed by atoms with Gasteiger partial charge in [-0.15, -0.1) is 0 Å². The van der Waals surface area contributed by atoms with Crippen molar-refractivity contribution in [3.63, 3.8) is 0 Å². The van der Waals surface area contributed by atoms with Crippen molar-refractivity contribution in [2.75, 3.05) is 18.4 Å². The summed E-state index contributed by atoms with van der Waals surface area (Å²) >= 11 is 6.26. The molecule has 3 N–H and O–H groups in total. The van der Waals surface area contributed by atoms with Crippen LogP contribution in [0.1, 0.15) is 19.8 Å². The van der Waals surface area contributed by atoms with Crippen molar-refractivity contribution in [3.05, 3.63) is 35.6 Å². The van der Waals surface area contributed by atoms with E-state index in [0.29, 0.717) is 22.7 Å². The molecule has 1 atom stereocenters. The zero-order valence-electron chi connectivity index (χ0n) is 14.5. The van der Waals surface area contributed by atoms with E-state index in [4.69, 9.17) is 11.6 Å². The van der Waals surface area contributed by atoms with Crippen LogP contribution in [0.2, 0.25) is 5.02 Å². The summed E-state index contributed by atoms with van der Waals surface area (Å²) in [5.41, 5.74) is 2.93. The fraction of sp³-hybridized carbons (Fsp3) is 0.333. The van der Waals surface area contributed by atoms with Crippen LogP contribution in [0.4, 0.5) is 17.5 Å². The van der Waals surface area contributed by atoms with Crippen molar-refractivity contribution < 1.29 is 0 Å². The minimum Gasteiger partial charge on any atom is -0.339 e. The van der Waals surface area contributed by atoms with E-state index in [0.717, 1.165) is 48.2 Å². The Morgan fingerprint density at radius 1 is 1.31 bits per heavy atom. The Bertz CT molecular complexity index is 950. The van der Waals surface area contributed by atoms with Crippen molar-refractivity contribution in [2.24, 2.45) is 10.9 Å². The molecule has 26 heavy (non-hydrogen) atoms. The first-order chi connectivity index (χ1) is 12.7. The molecule has 0 amide bonds. The number of hydrogen-bond acceptors (Lipinski definition) is 6. The number of nitrogens with zero attached hydrogens (tertiary/aromatic N) is 4. The molecular weight excluding hydrogens is 350 g/mol. The second kappa shape index (κ2) is 7.39. The monoisotopic (exact) mass is 369 g/mol. The highest BCUT2D eigenvalue weighted by molar-refractivity contribution is 6.32. The number of fused-ring (bicyclic) bond motifs is 1. The lowest BCUT2D eigenvalue weighted by atomic mass is 10.1. The molecule has 0 saturated carbocycles. The van der Waals surface area contributed by atoms with Gasteiger partial charge in [-0.2, -0.15) is 10.1 Å². The number of H-pyrrole nitrogens is 1. The number of aromatic amines is 1. The van der Waals surface area contributed by atoms with Gasteiger partial charge in [0.1, 0.15) is 5.02 Å². The molecule has 1 aliphatic heterocycles. The van der Waals surface area contributed by atoms with Crippen molar-refractivity contribution in [2.45, 2.75) is 19.8 Å². The van der Waals surface area contributed by atoms with Crippen LogP contribution in [-0.4, -0.2) is 39.0 Å². The fourth-order valence-corrected chi connectivity index (χ4v) is 3.10. The number of halogens is 1. The Morgan fingerprint density at radius 2 is 2.23 bits per heavy atom. The predicted octanol–water partition coefficient (Wildman–Crippen LogP) is 3.84. The molecule has 2 aromatic heterocycles. The quantitative estimate of drug-likeness (QED) is 0.652. The number of aliphatic imine (C=N–C) groups is 1. The molecule has 1 aliphatic rings. The first-order valence-corrected chi connectivity index (χ1v) is 9.05. The Kier molecular flexibility index (Phi) is 4.81. The van der Waals surface area contributed by atoms with Crippen LogP contribution in [-0.2, 0) is 0 Å². The van der Waals surface area contributed by atoms with E-state index in [-0.39, 0.29) is 0 Å². The summed E-state index contributed by atoms with van der Waals surface area (Å²) in [5.74, 6) is 1.62. The van der Waals surface area contributed by atoms with E-state index in [2.05, 4.69) is 42.7 Å². The Morgan fingerprint density at radius 3 is 3.15 bits per heavy atom. The maximum absolute atomic E-state index is 6.26. The van der Waals surface area contributed by atoms with Crippen molar-refractivity contribution >= 4 is 45.7 Å². The van der Waals surface area contributed by atoms with Crippen molar-refractivity contribution in [1.29, 1.82) is 0 Å². The Labute approximate surface area is 156 Å². The highest BCUT2D eigenvalue weighted by Crippen LogP contribution is 2.26. The van der Waals surface area contributed by atoms with Gasteiger partial charge < -0.3 is 10.6 Å². The SMILES string of the molecule is CC1CC/C(=N/c2ncc(Cl)c(Nc3ccc4[nH]ncc4c3)n2)CNC1. The zero-order chi connectivity index (χ0) is 17.9. The number of aromatic nitrogens is 4. The molecule has 1 fully saturated rings. The van der Waals surface area contributed by atoms with E-state index >= 15 is 0 Å². The van der Waals surface area contributed by atoms with Crippen LogP contribution in [0.25, 0.3) is 10.9 Å². The average molecular weight is 370 g/mol. The third kappa shape index (κ3) is 3.84.